The van der Waals surface area contributed by atoms with Gasteiger partial charge in [0, 0.05) is 11.6 Å². The monoisotopic (exact) mass is 348 g/mol. The molecule has 0 spiro atoms. The molecule has 2 N–H and O–H groups in total. The third-order valence-electron chi connectivity index (χ3n) is 4.48. The van der Waals surface area contributed by atoms with Crippen LogP contribution in [0.25, 0.3) is 0 Å². The molecule has 0 saturated heterocycles. The van der Waals surface area contributed by atoms with Crippen molar-refractivity contribution in [2.75, 3.05) is 0 Å². The summed E-state index contributed by atoms with van der Waals surface area (Å²) in [5.74, 6) is -2.38. The van der Waals surface area contributed by atoms with E-state index >= 15 is 0 Å². The molecule has 4 heteroatoms. The van der Waals surface area contributed by atoms with Crippen LogP contribution in [0.3, 0.4) is 0 Å². The molecule has 0 atom stereocenters. The molecule has 0 unspecified atom stereocenters. The van der Waals surface area contributed by atoms with Crippen LogP contribution in [0.2, 0.25) is 0 Å². The molecule has 140 valence electrons. The van der Waals surface area contributed by atoms with Gasteiger partial charge in [0.25, 0.3) is 0 Å². The maximum Gasteiger partial charge on any atom is 0.227 e. The molecule has 4 nitrogen and oxygen atoms in total. The van der Waals surface area contributed by atoms with Crippen molar-refractivity contribution in [3.05, 3.63) is 35.3 Å². The van der Waals surface area contributed by atoms with Crippen molar-refractivity contribution in [3.63, 3.8) is 0 Å². The predicted molar refractivity (Wildman–Crippen MR) is 101 cm³/mol. The number of rotatable bonds is 13. The SMILES string of the molecule is CCCC/C=C\CCCCCCCCCC1=C(O)C(=O)C=C(O)C1=O. The molecular weight excluding hydrogens is 316 g/mol. The smallest absolute Gasteiger partial charge is 0.227 e. The molecule has 0 aromatic carbocycles. The number of ketones is 2. The maximum atomic E-state index is 11.7. The fraction of sp³-hybridized carbons (Fsp3) is 0.619. The predicted octanol–water partition coefficient (Wildman–Crippen LogP) is 5.65. The quantitative estimate of drug-likeness (QED) is 0.256. The number of aliphatic hydroxyl groups excluding tert-OH is 2. The van der Waals surface area contributed by atoms with Crippen molar-refractivity contribution < 1.29 is 19.8 Å². The number of hydrogen-bond acceptors (Lipinski definition) is 4. The lowest BCUT2D eigenvalue weighted by Crippen LogP contribution is -2.19. The third kappa shape index (κ3) is 8.19. The third-order valence-corrected chi connectivity index (χ3v) is 4.48. The highest BCUT2D eigenvalue weighted by Crippen LogP contribution is 2.22. The Bertz CT molecular complexity index is 526. The van der Waals surface area contributed by atoms with Gasteiger partial charge < -0.3 is 10.2 Å². The first-order valence-electron chi connectivity index (χ1n) is 9.64. The van der Waals surface area contributed by atoms with Crippen LogP contribution in [0.4, 0.5) is 0 Å². The molecule has 25 heavy (non-hydrogen) atoms. The van der Waals surface area contributed by atoms with Gasteiger partial charge in [-0.2, -0.15) is 0 Å². The lowest BCUT2D eigenvalue weighted by molar-refractivity contribution is -0.119. The molecule has 0 fully saturated rings. The summed E-state index contributed by atoms with van der Waals surface area (Å²) < 4.78 is 0. The summed E-state index contributed by atoms with van der Waals surface area (Å²) >= 11 is 0. The van der Waals surface area contributed by atoms with E-state index in [0.717, 1.165) is 25.3 Å². The Labute approximate surface area is 151 Å². The zero-order valence-corrected chi connectivity index (χ0v) is 15.4. The minimum atomic E-state index is -0.684. The van der Waals surface area contributed by atoms with Crippen molar-refractivity contribution in [3.8, 4) is 0 Å². The second kappa shape index (κ2) is 12.5. The van der Waals surface area contributed by atoms with E-state index < -0.39 is 23.1 Å². The summed E-state index contributed by atoms with van der Waals surface area (Å²) in [6.45, 7) is 2.21. The lowest BCUT2D eigenvalue weighted by atomic mass is 9.94. The summed E-state index contributed by atoms with van der Waals surface area (Å²) in [4.78, 5) is 23.1. The van der Waals surface area contributed by atoms with Crippen molar-refractivity contribution >= 4 is 11.6 Å². The molecule has 0 aromatic rings. The van der Waals surface area contributed by atoms with E-state index in [1.807, 2.05) is 0 Å². The van der Waals surface area contributed by atoms with Crippen molar-refractivity contribution in [2.45, 2.75) is 84.0 Å². The fourth-order valence-electron chi connectivity index (χ4n) is 2.91. The Morgan fingerprint density at radius 1 is 0.840 bits per heavy atom. The van der Waals surface area contributed by atoms with Gasteiger partial charge in [-0.05, 0) is 32.1 Å². The Kier molecular flexibility index (Phi) is 10.6. The van der Waals surface area contributed by atoms with Gasteiger partial charge in [-0.25, -0.2) is 0 Å². The first-order valence-corrected chi connectivity index (χ1v) is 9.64. The average Bonchev–Trinajstić information content (AvgIpc) is 2.60. The summed E-state index contributed by atoms with van der Waals surface area (Å²) in [7, 11) is 0. The Morgan fingerprint density at radius 2 is 1.40 bits per heavy atom. The number of unbranched alkanes of at least 4 members (excludes halogenated alkanes) is 9. The average molecular weight is 348 g/mol. The summed E-state index contributed by atoms with van der Waals surface area (Å²) in [5, 5.41) is 19.0. The Hall–Kier alpha value is -1.84. The van der Waals surface area contributed by atoms with E-state index in [-0.39, 0.29) is 5.57 Å². The van der Waals surface area contributed by atoms with Gasteiger partial charge in [-0.3, -0.25) is 9.59 Å². The van der Waals surface area contributed by atoms with Gasteiger partial charge in [0.15, 0.2) is 11.5 Å². The van der Waals surface area contributed by atoms with Gasteiger partial charge >= 0.3 is 0 Å². The number of allylic oxidation sites excluding steroid dienone is 4. The number of aliphatic hydroxyl groups is 2. The minimum absolute atomic E-state index is 0.0554. The summed E-state index contributed by atoms with van der Waals surface area (Å²) in [5.41, 5.74) is 0.0554. The second-order valence-corrected chi connectivity index (χ2v) is 6.68. The van der Waals surface area contributed by atoms with E-state index in [0.29, 0.717) is 6.42 Å². The van der Waals surface area contributed by atoms with E-state index in [2.05, 4.69) is 19.1 Å². The van der Waals surface area contributed by atoms with E-state index in [1.54, 1.807) is 0 Å². The molecule has 0 aliphatic heterocycles. The minimum Gasteiger partial charge on any atom is -0.504 e. The van der Waals surface area contributed by atoms with Gasteiger partial charge in [0.05, 0.1) is 0 Å². The Morgan fingerprint density at radius 3 is 2.04 bits per heavy atom. The van der Waals surface area contributed by atoms with Crippen molar-refractivity contribution in [2.24, 2.45) is 0 Å². The molecule has 0 aromatic heterocycles. The molecule has 0 radical (unpaired) electrons. The molecule has 1 aliphatic carbocycles. The molecule has 0 bridgehead atoms. The topological polar surface area (TPSA) is 74.6 Å². The molecular formula is C21H32O4. The summed E-state index contributed by atoms with van der Waals surface area (Å²) in [6, 6.07) is 0. The first kappa shape index (κ1) is 21.2. The highest BCUT2D eigenvalue weighted by atomic mass is 16.3. The first-order chi connectivity index (χ1) is 12.1. The maximum absolute atomic E-state index is 11.7. The van der Waals surface area contributed by atoms with Crippen LogP contribution in [-0.4, -0.2) is 21.8 Å². The van der Waals surface area contributed by atoms with Crippen LogP contribution in [0.15, 0.2) is 35.3 Å². The van der Waals surface area contributed by atoms with Crippen LogP contribution >= 0.6 is 0 Å². The van der Waals surface area contributed by atoms with Gasteiger partial charge in [0.2, 0.25) is 11.6 Å². The zero-order chi connectivity index (χ0) is 18.5. The normalized spacial score (nSPS) is 15.3. The van der Waals surface area contributed by atoms with E-state index in [4.69, 9.17) is 0 Å². The number of carbonyl (C=O) groups is 2. The molecule has 0 saturated carbocycles. The van der Waals surface area contributed by atoms with Crippen LogP contribution < -0.4 is 0 Å². The highest BCUT2D eigenvalue weighted by Gasteiger charge is 2.27. The van der Waals surface area contributed by atoms with Gasteiger partial charge in [0.1, 0.15) is 0 Å². The van der Waals surface area contributed by atoms with Gasteiger partial charge in [-0.15, -0.1) is 0 Å². The largest absolute Gasteiger partial charge is 0.504 e. The van der Waals surface area contributed by atoms with Crippen molar-refractivity contribution in [1.29, 1.82) is 0 Å². The highest BCUT2D eigenvalue weighted by molar-refractivity contribution is 6.20. The van der Waals surface area contributed by atoms with Crippen LogP contribution in [0.1, 0.15) is 84.0 Å². The number of carbonyl (C=O) groups excluding carboxylic acids is 2. The van der Waals surface area contributed by atoms with E-state index in [1.165, 1.54) is 51.4 Å². The standard InChI is InChI=1S/C21H32O4/c1-2-3-4-5-6-7-8-9-10-11-12-13-14-15-17-20(24)18(22)16-19(23)21(17)25/h5-6,16,22,25H,2-4,7-15H2,1H3/b6-5-. The lowest BCUT2D eigenvalue weighted by Gasteiger charge is -2.12. The fourth-order valence-corrected chi connectivity index (χ4v) is 2.91. The molecule has 1 rings (SSSR count). The van der Waals surface area contributed by atoms with Crippen molar-refractivity contribution in [1.82, 2.24) is 0 Å². The summed E-state index contributed by atoms with van der Waals surface area (Å²) in [6.07, 6.45) is 18.3. The van der Waals surface area contributed by atoms with Crippen LogP contribution in [0.5, 0.6) is 0 Å². The number of Topliss-reactive ketones (excluding diaryl/α,β-unsaturated/α-hetero) is 1. The number of hydrogen-bond donors (Lipinski definition) is 2. The Balaban J connectivity index is 2.04. The van der Waals surface area contributed by atoms with E-state index in [9.17, 15) is 19.8 Å². The second-order valence-electron chi connectivity index (χ2n) is 6.68. The van der Waals surface area contributed by atoms with Crippen LogP contribution in [0, 0.1) is 0 Å². The molecule has 0 heterocycles. The molecule has 1 aliphatic rings. The van der Waals surface area contributed by atoms with Crippen LogP contribution in [-0.2, 0) is 9.59 Å². The molecule has 0 amide bonds. The zero-order valence-electron chi connectivity index (χ0n) is 15.4. The van der Waals surface area contributed by atoms with Gasteiger partial charge in [-0.1, -0.05) is 64.0 Å².